The molecule has 0 bridgehead atoms. The van der Waals surface area contributed by atoms with Crippen molar-refractivity contribution >= 4 is 16.8 Å². The van der Waals surface area contributed by atoms with Gasteiger partial charge in [0, 0.05) is 30.2 Å². The summed E-state index contributed by atoms with van der Waals surface area (Å²) in [6.07, 6.45) is 2.76. The molecule has 2 aromatic carbocycles. The highest BCUT2D eigenvalue weighted by Crippen LogP contribution is 2.28. The third kappa shape index (κ3) is 5.48. The number of carbonyl (C=O) groups excluding carboxylic acids is 1. The van der Waals surface area contributed by atoms with Gasteiger partial charge in [-0.2, -0.15) is 0 Å². The first kappa shape index (κ1) is 20.7. The molecule has 0 saturated carbocycles. The molecule has 154 valence electrons. The Morgan fingerprint density at radius 2 is 2.03 bits per heavy atom. The molecular formula is C22H26FN3O3. The maximum Gasteiger partial charge on any atom is 0.257 e. The van der Waals surface area contributed by atoms with Crippen LogP contribution in [0.2, 0.25) is 0 Å². The summed E-state index contributed by atoms with van der Waals surface area (Å²) < 4.78 is 24.2. The number of hydrogen-bond acceptors (Lipinski definition) is 4. The van der Waals surface area contributed by atoms with Crippen molar-refractivity contribution in [3.63, 3.8) is 0 Å². The van der Waals surface area contributed by atoms with Gasteiger partial charge in [0.15, 0.2) is 18.1 Å². The summed E-state index contributed by atoms with van der Waals surface area (Å²) in [5, 5.41) is 7.14. The molecule has 0 fully saturated rings. The molecule has 1 aromatic heterocycles. The van der Waals surface area contributed by atoms with E-state index in [-0.39, 0.29) is 18.3 Å². The summed E-state index contributed by atoms with van der Waals surface area (Å²) in [6, 6.07) is 10.4. The Morgan fingerprint density at radius 1 is 1.17 bits per heavy atom. The van der Waals surface area contributed by atoms with E-state index in [2.05, 4.69) is 15.6 Å². The van der Waals surface area contributed by atoms with E-state index in [1.54, 1.807) is 13.2 Å². The molecule has 0 spiro atoms. The number of nitrogens with one attached hydrogen (secondary N) is 3. The lowest BCUT2D eigenvalue weighted by molar-refractivity contribution is -0.123. The number of aromatic amines is 1. The predicted octanol–water partition coefficient (Wildman–Crippen LogP) is 3.16. The molecule has 6 nitrogen and oxygen atoms in total. The van der Waals surface area contributed by atoms with Crippen LogP contribution in [0.1, 0.15) is 18.1 Å². The van der Waals surface area contributed by atoms with Crippen molar-refractivity contribution in [3.8, 4) is 11.5 Å². The smallest absolute Gasteiger partial charge is 0.257 e. The lowest BCUT2D eigenvalue weighted by Gasteiger charge is -2.12. The Hall–Kier alpha value is -3.06. The summed E-state index contributed by atoms with van der Waals surface area (Å²) in [5.41, 5.74) is 3.01. The van der Waals surface area contributed by atoms with Gasteiger partial charge in [0.25, 0.3) is 5.91 Å². The van der Waals surface area contributed by atoms with Crippen molar-refractivity contribution in [1.82, 2.24) is 15.6 Å². The highest BCUT2D eigenvalue weighted by Gasteiger charge is 2.09. The van der Waals surface area contributed by atoms with Crippen LogP contribution in [0.15, 0.2) is 42.6 Å². The number of methoxy groups -OCH3 is 1. The third-order valence-electron chi connectivity index (χ3n) is 4.59. The number of H-pyrrole nitrogens is 1. The Bertz CT molecular complexity index is 971. The van der Waals surface area contributed by atoms with E-state index in [0.717, 1.165) is 35.0 Å². The number of carbonyl (C=O) groups is 1. The van der Waals surface area contributed by atoms with Gasteiger partial charge >= 0.3 is 0 Å². The van der Waals surface area contributed by atoms with Crippen LogP contribution in [0.5, 0.6) is 11.5 Å². The highest BCUT2D eigenvalue weighted by atomic mass is 19.1. The molecule has 0 radical (unpaired) electrons. The van der Waals surface area contributed by atoms with E-state index < -0.39 is 0 Å². The Kier molecular flexibility index (Phi) is 7.08. The molecule has 1 amide bonds. The molecule has 0 saturated heterocycles. The molecule has 29 heavy (non-hydrogen) atoms. The van der Waals surface area contributed by atoms with Gasteiger partial charge in [0.05, 0.1) is 7.11 Å². The van der Waals surface area contributed by atoms with Crippen molar-refractivity contribution < 1.29 is 18.7 Å². The maximum absolute atomic E-state index is 13.3. The van der Waals surface area contributed by atoms with Crippen LogP contribution in [0.25, 0.3) is 10.9 Å². The van der Waals surface area contributed by atoms with Gasteiger partial charge in [-0.15, -0.1) is 0 Å². The molecule has 0 aliphatic rings. The fourth-order valence-electron chi connectivity index (χ4n) is 3.15. The van der Waals surface area contributed by atoms with Crippen molar-refractivity contribution in [3.05, 3.63) is 59.5 Å². The van der Waals surface area contributed by atoms with E-state index in [4.69, 9.17) is 9.47 Å². The summed E-state index contributed by atoms with van der Waals surface area (Å²) in [7, 11) is 1.57. The molecule has 0 aliphatic carbocycles. The SMILES string of the molecule is CCNC(=O)COc1ccc(CNCCc2c[nH]c3cc(F)ccc23)cc1OC. The molecule has 3 aromatic rings. The first-order valence-electron chi connectivity index (χ1n) is 9.63. The zero-order valence-electron chi connectivity index (χ0n) is 16.7. The lowest BCUT2D eigenvalue weighted by atomic mass is 10.1. The van der Waals surface area contributed by atoms with Crippen LogP contribution in [0, 0.1) is 5.82 Å². The molecule has 0 atom stereocenters. The highest BCUT2D eigenvalue weighted by molar-refractivity contribution is 5.83. The number of rotatable bonds is 10. The number of halogens is 1. The van der Waals surface area contributed by atoms with Crippen molar-refractivity contribution in [2.75, 3.05) is 26.8 Å². The first-order chi connectivity index (χ1) is 14.1. The number of hydrogen-bond donors (Lipinski definition) is 3. The summed E-state index contributed by atoms with van der Waals surface area (Å²) in [4.78, 5) is 14.7. The summed E-state index contributed by atoms with van der Waals surface area (Å²) in [6.45, 7) is 3.83. The molecule has 3 rings (SSSR count). The van der Waals surface area contributed by atoms with Crippen LogP contribution in [0.3, 0.4) is 0 Å². The van der Waals surface area contributed by atoms with Crippen LogP contribution >= 0.6 is 0 Å². The number of fused-ring (bicyclic) bond motifs is 1. The van der Waals surface area contributed by atoms with Gasteiger partial charge in [-0.25, -0.2) is 4.39 Å². The van der Waals surface area contributed by atoms with Crippen molar-refractivity contribution in [2.24, 2.45) is 0 Å². The van der Waals surface area contributed by atoms with E-state index >= 15 is 0 Å². The second-order valence-electron chi connectivity index (χ2n) is 6.66. The predicted molar refractivity (Wildman–Crippen MR) is 111 cm³/mol. The molecule has 0 unspecified atom stereocenters. The minimum atomic E-state index is -0.239. The summed E-state index contributed by atoms with van der Waals surface area (Å²) >= 11 is 0. The maximum atomic E-state index is 13.3. The molecule has 7 heteroatoms. The molecule has 0 aliphatic heterocycles. The fourth-order valence-corrected chi connectivity index (χ4v) is 3.15. The van der Waals surface area contributed by atoms with Gasteiger partial charge in [0.2, 0.25) is 0 Å². The van der Waals surface area contributed by atoms with Gasteiger partial charge in [0.1, 0.15) is 5.82 Å². The molecule has 1 heterocycles. The Balaban J connectivity index is 1.51. The Morgan fingerprint density at radius 3 is 2.83 bits per heavy atom. The van der Waals surface area contributed by atoms with Gasteiger partial charge < -0.3 is 25.1 Å². The normalized spacial score (nSPS) is 10.9. The molecule has 3 N–H and O–H groups in total. The van der Waals surface area contributed by atoms with E-state index in [9.17, 15) is 9.18 Å². The Labute approximate surface area is 169 Å². The first-order valence-corrected chi connectivity index (χ1v) is 9.63. The number of amides is 1. The quantitative estimate of drug-likeness (QED) is 0.458. The largest absolute Gasteiger partial charge is 0.493 e. The zero-order chi connectivity index (χ0) is 20.6. The van der Waals surface area contributed by atoms with Crippen LogP contribution < -0.4 is 20.1 Å². The fraction of sp³-hybridized carbons (Fsp3) is 0.318. The van der Waals surface area contributed by atoms with Gasteiger partial charge in [-0.05, 0) is 61.3 Å². The minimum Gasteiger partial charge on any atom is -0.493 e. The zero-order valence-corrected chi connectivity index (χ0v) is 16.7. The number of aromatic nitrogens is 1. The average molecular weight is 399 g/mol. The number of ether oxygens (including phenoxy) is 2. The van der Waals surface area contributed by atoms with Gasteiger partial charge in [-0.3, -0.25) is 4.79 Å². The second-order valence-corrected chi connectivity index (χ2v) is 6.66. The number of likely N-dealkylation sites (N-methyl/N-ethyl adjacent to an activating group) is 1. The second kappa shape index (κ2) is 9.93. The van der Waals surface area contributed by atoms with Crippen molar-refractivity contribution in [1.29, 1.82) is 0 Å². The van der Waals surface area contributed by atoms with E-state index in [0.29, 0.717) is 24.6 Å². The van der Waals surface area contributed by atoms with Crippen LogP contribution in [-0.4, -0.2) is 37.7 Å². The lowest BCUT2D eigenvalue weighted by Crippen LogP contribution is -2.28. The standard InChI is InChI=1S/C22H26FN3O3/c1-3-25-22(27)14-29-20-7-4-15(10-21(20)28-2)12-24-9-8-16-13-26-19-11-17(23)5-6-18(16)19/h4-7,10-11,13,24,26H,3,8-9,12,14H2,1-2H3,(H,25,27). The average Bonchev–Trinajstić information content (AvgIpc) is 3.12. The van der Waals surface area contributed by atoms with Crippen LogP contribution in [-0.2, 0) is 17.8 Å². The minimum absolute atomic E-state index is 0.0453. The van der Waals surface area contributed by atoms with Crippen LogP contribution in [0.4, 0.5) is 4.39 Å². The van der Waals surface area contributed by atoms with Gasteiger partial charge in [-0.1, -0.05) is 6.07 Å². The third-order valence-corrected chi connectivity index (χ3v) is 4.59. The topological polar surface area (TPSA) is 75.4 Å². The molecular weight excluding hydrogens is 373 g/mol. The van der Waals surface area contributed by atoms with E-state index in [1.165, 1.54) is 12.1 Å². The number of benzene rings is 2. The summed E-state index contributed by atoms with van der Waals surface area (Å²) in [5.74, 6) is 0.720. The van der Waals surface area contributed by atoms with E-state index in [1.807, 2.05) is 31.3 Å². The monoisotopic (exact) mass is 399 g/mol. The van der Waals surface area contributed by atoms with Crippen molar-refractivity contribution in [2.45, 2.75) is 19.9 Å².